The van der Waals surface area contributed by atoms with Crippen LogP contribution in [0.5, 0.6) is 0 Å². The summed E-state index contributed by atoms with van der Waals surface area (Å²) in [6.45, 7) is 7.84. The zero-order chi connectivity index (χ0) is 14.5. The fourth-order valence-corrected chi connectivity index (χ4v) is 4.01. The molecule has 1 aromatic rings. The normalized spacial score (nSPS) is 24.6. The van der Waals surface area contributed by atoms with Crippen molar-refractivity contribution in [3.8, 4) is 0 Å². The topological polar surface area (TPSA) is 12.0 Å². The third-order valence-electron chi connectivity index (χ3n) is 4.94. The Balaban J connectivity index is 2.16. The summed E-state index contributed by atoms with van der Waals surface area (Å²) in [5.41, 5.74) is 2.90. The molecule has 1 fully saturated rings. The van der Waals surface area contributed by atoms with E-state index in [2.05, 4.69) is 60.2 Å². The van der Waals surface area contributed by atoms with E-state index in [1.807, 2.05) is 0 Å². The molecular weight excluding hydrogens is 310 g/mol. The molecule has 1 aliphatic rings. The molecule has 0 heterocycles. The molecule has 20 heavy (non-hydrogen) atoms. The zero-order valence-electron chi connectivity index (χ0n) is 13.1. The van der Waals surface area contributed by atoms with E-state index in [0.717, 1.165) is 18.4 Å². The predicted octanol–water partition coefficient (Wildman–Crippen LogP) is 5.62. The first-order valence-corrected chi connectivity index (χ1v) is 8.94. The third-order valence-corrected chi connectivity index (χ3v) is 5.43. The van der Waals surface area contributed by atoms with Gasteiger partial charge in [-0.1, -0.05) is 55.1 Å². The van der Waals surface area contributed by atoms with E-state index in [9.17, 15) is 0 Å². The predicted molar refractivity (Wildman–Crippen MR) is 91.0 cm³/mol. The van der Waals surface area contributed by atoms with Gasteiger partial charge in [-0.2, -0.15) is 0 Å². The Morgan fingerprint density at radius 1 is 1.20 bits per heavy atom. The van der Waals surface area contributed by atoms with E-state index in [0.29, 0.717) is 6.04 Å². The Bertz CT molecular complexity index is 421. The summed E-state index contributed by atoms with van der Waals surface area (Å²) in [7, 11) is 0. The van der Waals surface area contributed by atoms with Gasteiger partial charge in [0.2, 0.25) is 0 Å². The molecule has 1 aromatic carbocycles. The van der Waals surface area contributed by atoms with Gasteiger partial charge in [-0.25, -0.2) is 0 Å². The van der Waals surface area contributed by atoms with Gasteiger partial charge >= 0.3 is 0 Å². The second kappa shape index (κ2) is 7.61. The maximum atomic E-state index is 3.75. The number of nitrogens with one attached hydrogen (secondary N) is 1. The number of hydrogen-bond acceptors (Lipinski definition) is 1. The van der Waals surface area contributed by atoms with Crippen LogP contribution in [0, 0.1) is 18.8 Å². The van der Waals surface area contributed by atoms with Crippen molar-refractivity contribution < 1.29 is 0 Å². The van der Waals surface area contributed by atoms with Crippen LogP contribution in [-0.4, -0.2) is 6.54 Å². The number of rotatable bonds is 5. The molecule has 2 heteroatoms. The highest BCUT2D eigenvalue weighted by atomic mass is 79.9. The largest absolute Gasteiger partial charge is 0.310 e. The summed E-state index contributed by atoms with van der Waals surface area (Å²) in [6, 6.07) is 7.22. The van der Waals surface area contributed by atoms with E-state index in [1.165, 1.54) is 47.7 Å². The molecule has 1 saturated carbocycles. The van der Waals surface area contributed by atoms with Gasteiger partial charge in [-0.05, 0) is 61.4 Å². The minimum atomic E-state index is 0.523. The molecule has 0 aliphatic heterocycles. The van der Waals surface area contributed by atoms with Gasteiger partial charge in [-0.15, -0.1) is 0 Å². The van der Waals surface area contributed by atoms with Crippen LogP contribution in [0.3, 0.4) is 0 Å². The van der Waals surface area contributed by atoms with E-state index in [-0.39, 0.29) is 0 Å². The number of hydrogen-bond donors (Lipinski definition) is 1. The molecule has 0 amide bonds. The SMILES string of the molecule is CCNC(c1cc(Br)ccc1C)C1CCC(CC)CC1. The molecule has 1 N–H and O–H groups in total. The highest BCUT2D eigenvalue weighted by molar-refractivity contribution is 9.10. The molecule has 1 aliphatic carbocycles. The van der Waals surface area contributed by atoms with E-state index >= 15 is 0 Å². The second-order valence-corrected chi connectivity index (χ2v) is 7.14. The zero-order valence-corrected chi connectivity index (χ0v) is 14.7. The average molecular weight is 338 g/mol. The van der Waals surface area contributed by atoms with Gasteiger partial charge in [0.1, 0.15) is 0 Å². The quantitative estimate of drug-likeness (QED) is 0.734. The maximum absolute atomic E-state index is 3.75. The molecule has 0 spiro atoms. The lowest BCUT2D eigenvalue weighted by Gasteiger charge is -2.35. The van der Waals surface area contributed by atoms with Crippen LogP contribution in [0.4, 0.5) is 0 Å². The average Bonchev–Trinajstić information content (AvgIpc) is 2.48. The van der Waals surface area contributed by atoms with Crippen molar-refractivity contribution in [3.05, 3.63) is 33.8 Å². The monoisotopic (exact) mass is 337 g/mol. The second-order valence-electron chi connectivity index (χ2n) is 6.23. The lowest BCUT2D eigenvalue weighted by atomic mass is 9.75. The minimum absolute atomic E-state index is 0.523. The van der Waals surface area contributed by atoms with Crippen molar-refractivity contribution >= 4 is 15.9 Å². The van der Waals surface area contributed by atoms with Gasteiger partial charge < -0.3 is 5.32 Å². The van der Waals surface area contributed by atoms with Crippen LogP contribution in [0.2, 0.25) is 0 Å². The number of benzene rings is 1. The fraction of sp³-hybridized carbons (Fsp3) is 0.667. The molecule has 0 radical (unpaired) electrons. The van der Waals surface area contributed by atoms with E-state index in [1.54, 1.807) is 0 Å². The number of halogens is 1. The van der Waals surface area contributed by atoms with Crippen molar-refractivity contribution in [3.63, 3.8) is 0 Å². The summed E-state index contributed by atoms with van der Waals surface area (Å²) in [6.07, 6.45) is 6.94. The van der Waals surface area contributed by atoms with Gasteiger partial charge in [0.25, 0.3) is 0 Å². The highest BCUT2D eigenvalue weighted by Gasteiger charge is 2.28. The first-order valence-electron chi connectivity index (χ1n) is 8.15. The van der Waals surface area contributed by atoms with Crippen LogP contribution in [-0.2, 0) is 0 Å². The molecule has 0 aromatic heterocycles. The van der Waals surface area contributed by atoms with E-state index < -0.39 is 0 Å². The first kappa shape index (κ1) is 16.0. The van der Waals surface area contributed by atoms with Crippen LogP contribution in [0.15, 0.2) is 22.7 Å². The Labute approximate surface area is 132 Å². The first-order chi connectivity index (χ1) is 9.65. The maximum Gasteiger partial charge on any atom is 0.0351 e. The summed E-state index contributed by atoms with van der Waals surface area (Å²) < 4.78 is 1.20. The van der Waals surface area contributed by atoms with Crippen molar-refractivity contribution in [1.29, 1.82) is 0 Å². The van der Waals surface area contributed by atoms with Crippen LogP contribution >= 0.6 is 15.9 Å². The molecular formula is C18H28BrN. The Hall–Kier alpha value is -0.340. The van der Waals surface area contributed by atoms with Gasteiger partial charge in [0.15, 0.2) is 0 Å². The summed E-state index contributed by atoms with van der Waals surface area (Å²) in [5, 5.41) is 3.75. The Kier molecular flexibility index (Phi) is 6.10. The fourth-order valence-electron chi connectivity index (χ4n) is 3.63. The molecule has 0 bridgehead atoms. The van der Waals surface area contributed by atoms with Crippen LogP contribution in [0.25, 0.3) is 0 Å². The minimum Gasteiger partial charge on any atom is -0.310 e. The summed E-state index contributed by atoms with van der Waals surface area (Å²) in [4.78, 5) is 0. The summed E-state index contributed by atoms with van der Waals surface area (Å²) in [5.74, 6) is 1.77. The van der Waals surface area contributed by atoms with Gasteiger partial charge in [-0.3, -0.25) is 0 Å². The van der Waals surface area contributed by atoms with Crippen molar-refractivity contribution in [2.45, 2.75) is 58.9 Å². The Morgan fingerprint density at radius 2 is 1.90 bits per heavy atom. The van der Waals surface area contributed by atoms with Crippen molar-refractivity contribution in [2.75, 3.05) is 6.54 Å². The number of aryl methyl sites for hydroxylation is 1. The molecule has 1 unspecified atom stereocenters. The van der Waals surface area contributed by atoms with Crippen LogP contribution in [0.1, 0.15) is 63.1 Å². The Morgan fingerprint density at radius 3 is 2.50 bits per heavy atom. The van der Waals surface area contributed by atoms with E-state index in [4.69, 9.17) is 0 Å². The van der Waals surface area contributed by atoms with Gasteiger partial charge in [0.05, 0.1) is 0 Å². The molecule has 1 nitrogen and oxygen atoms in total. The molecule has 2 rings (SSSR count). The molecule has 1 atom stereocenters. The molecule has 112 valence electrons. The standard InChI is InChI=1S/C18H28BrN/c1-4-14-7-9-15(10-8-14)18(20-5-2)17-12-16(19)11-6-13(17)3/h6,11-12,14-15,18,20H,4-5,7-10H2,1-3H3. The smallest absolute Gasteiger partial charge is 0.0351 e. The molecule has 0 saturated heterocycles. The van der Waals surface area contributed by atoms with Crippen molar-refractivity contribution in [2.24, 2.45) is 11.8 Å². The third kappa shape index (κ3) is 3.85. The van der Waals surface area contributed by atoms with Crippen molar-refractivity contribution in [1.82, 2.24) is 5.32 Å². The lowest BCUT2D eigenvalue weighted by Crippen LogP contribution is -2.31. The van der Waals surface area contributed by atoms with Crippen LogP contribution < -0.4 is 5.32 Å². The summed E-state index contributed by atoms with van der Waals surface area (Å²) >= 11 is 3.63. The highest BCUT2D eigenvalue weighted by Crippen LogP contribution is 2.39. The lowest BCUT2D eigenvalue weighted by molar-refractivity contribution is 0.219. The van der Waals surface area contributed by atoms with Gasteiger partial charge in [0, 0.05) is 10.5 Å².